The van der Waals surface area contributed by atoms with E-state index in [-0.39, 0.29) is 34.8 Å². The summed E-state index contributed by atoms with van der Waals surface area (Å²) >= 11 is 6.37. The van der Waals surface area contributed by atoms with Crippen LogP contribution in [-0.4, -0.2) is 157 Å². The summed E-state index contributed by atoms with van der Waals surface area (Å²) in [5, 5.41) is -0.121. The second-order valence-corrected chi connectivity index (χ2v) is 15.6. The summed E-state index contributed by atoms with van der Waals surface area (Å²) in [5.74, 6) is -6.39. The summed E-state index contributed by atoms with van der Waals surface area (Å²) in [5.41, 5.74) is 3.51. The molecule has 1 fully saturated rings. The van der Waals surface area contributed by atoms with Crippen LogP contribution >= 0.6 is 11.6 Å². The molecule has 4 amide bonds. The van der Waals surface area contributed by atoms with Crippen LogP contribution in [0.5, 0.6) is 0 Å². The number of nitrogens with one attached hydrogen (secondary N) is 1. The standard InChI is InChI=1S/C22H33B15ClF2N3O4/c23-6-2(1-41-15(45)18(39,40)5-9(26)11(28)13(38)12(29)10(5)27)7(24)8(25)3-4(6)21(33,34)43(14(3)44)20(32)17(47)42(37)16(46)19(30,31)22(20,35)36/h1,23-37H2,(H,41,45). The minimum Gasteiger partial charge on any atom is -0.347 e. The van der Waals surface area contributed by atoms with Crippen LogP contribution in [0, 0.1) is 0 Å². The second-order valence-electron chi connectivity index (χ2n) is 15.2. The Kier molecular flexibility index (Phi) is 9.04. The number of carbonyl (C=O) groups excluding carboxylic acids is 4. The molecule has 0 aliphatic carbocycles. The van der Waals surface area contributed by atoms with Gasteiger partial charge in [-0.25, -0.2) is 0 Å². The van der Waals surface area contributed by atoms with E-state index in [2.05, 4.69) is 5.32 Å². The molecule has 4 rings (SSSR count). The van der Waals surface area contributed by atoms with Crippen LogP contribution in [0.25, 0.3) is 0 Å². The molecule has 25 heteroatoms. The van der Waals surface area contributed by atoms with E-state index in [0.717, 1.165) is 4.81 Å². The van der Waals surface area contributed by atoms with Gasteiger partial charge in [0.2, 0.25) is 19.8 Å². The summed E-state index contributed by atoms with van der Waals surface area (Å²) in [7, 11) is 26.0. The van der Waals surface area contributed by atoms with Gasteiger partial charge in [-0.05, 0) is 16.3 Å². The number of nitrogens with zero attached hydrogens (tertiary/aromatic N) is 2. The fourth-order valence-corrected chi connectivity index (χ4v) is 8.53. The van der Waals surface area contributed by atoms with Crippen LogP contribution in [0.3, 0.4) is 0 Å². The van der Waals surface area contributed by atoms with Crippen molar-refractivity contribution in [1.29, 1.82) is 0 Å². The van der Waals surface area contributed by atoms with Gasteiger partial charge >= 0.3 is 5.92 Å². The number of fused-ring (bicyclic) bond motifs is 1. The first-order valence-electron chi connectivity index (χ1n) is 15.9. The van der Waals surface area contributed by atoms with Crippen LogP contribution in [0.15, 0.2) is 0 Å². The number of rotatable bonds is 5. The SMILES string of the molecule is Bc1c(B)c(C(F)(F)C(=O)NCc2c(B)c(B)c3c(c2B)C(B)(B)N(C2(B)C(=O)N(B)C(=O)C(B)(B)C2(B)B)C3=O)c(B)c(B)c1Cl. The quantitative estimate of drug-likeness (QED) is 0.261. The predicted molar refractivity (Wildman–Crippen MR) is 227 cm³/mol. The van der Waals surface area contributed by atoms with Crippen LogP contribution in [0.2, 0.25) is 15.5 Å². The van der Waals surface area contributed by atoms with E-state index in [1.165, 1.54) is 7.98 Å². The third-order valence-corrected chi connectivity index (χ3v) is 13.0. The maximum atomic E-state index is 15.9. The van der Waals surface area contributed by atoms with Gasteiger partial charge in [0, 0.05) is 28.0 Å². The monoisotopic (exact) mass is 641 g/mol. The summed E-state index contributed by atoms with van der Waals surface area (Å²) in [4.78, 5) is 58.0. The fraction of sp³-hybridized carbons (Fsp3) is 0.273. The molecule has 2 aromatic rings. The van der Waals surface area contributed by atoms with Crippen molar-refractivity contribution in [2.45, 2.75) is 33.7 Å². The molecular formula is C22H33B15ClF2N3O4. The molecule has 2 aliphatic rings. The lowest BCUT2D eigenvalue weighted by Gasteiger charge is -2.64. The van der Waals surface area contributed by atoms with Crippen molar-refractivity contribution in [3.63, 3.8) is 0 Å². The Bertz CT molecular complexity index is 1800. The Morgan fingerprint density at radius 3 is 1.74 bits per heavy atom. The average molecular weight is 639 g/mol. The van der Waals surface area contributed by atoms with Gasteiger partial charge in [0.15, 0.2) is 0 Å². The number of carbonyl (C=O) groups is 4. The number of benzene rings is 2. The molecule has 226 valence electrons. The van der Waals surface area contributed by atoms with Crippen molar-refractivity contribution in [3.05, 3.63) is 27.3 Å². The van der Waals surface area contributed by atoms with Gasteiger partial charge in [0.05, 0.1) is 5.44 Å². The van der Waals surface area contributed by atoms with Crippen molar-refractivity contribution in [1.82, 2.24) is 15.0 Å². The van der Waals surface area contributed by atoms with Gasteiger partial charge in [0.1, 0.15) is 110 Å². The average Bonchev–Trinajstić information content (AvgIpc) is 3.19. The van der Waals surface area contributed by atoms with Gasteiger partial charge in [0.25, 0.3) is 11.8 Å². The van der Waals surface area contributed by atoms with Crippen molar-refractivity contribution >= 4 is 191 Å². The Labute approximate surface area is 294 Å². The lowest BCUT2D eigenvalue weighted by Crippen LogP contribution is -2.78. The van der Waals surface area contributed by atoms with E-state index in [1.807, 2.05) is 39.2 Å². The zero-order chi connectivity index (χ0) is 36.3. The maximum absolute atomic E-state index is 15.9. The Morgan fingerprint density at radius 2 is 1.26 bits per heavy atom. The van der Waals surface area contributed by atoms with Crippen LogP contribution in [0.1, 0.15) is 27.0 Å². The summed E-state index contributed by atoms with van der Waals surface area (Å²) in [6.45, 7) is -0.194. The summed E-state index contributed by atoms with van der Waals surface area (Å²) < 4.78 is 31.8. The number of alkyl halides is 2. The molecule has 47 heavy (non-hydrogen) atoms. The molecule has 0 spiro atoms. The third-order valence-electron chi connectivity index (χ3n) is 12.4. The van der Waals surface area contributed by atoms with Gasteiger partial charge in [-0.2, -0.15) is 8.78 Å². The minimum absolute atomic E-state index is 0.194. The highest BCUT2D eigenvalue weighted by Crippen LogP contribution is 2.58. The zero-order valence-electron chi connectivity index (χ0n) is 30.4. The molecule has 0 bridgehead atoms. The topological polar surface area (TPSA) is 86.8 Å². The van der Waals surface area contributed by atoms with E-state index >= 15 is 8.78 Å². The normalized spacial score (nSPS) is 21.5. The van der Waals surface area contributed by atoms with Gasteiger partial charge in [-0.3, -0.25) is 19.2 Å². The van der Waals surface area contributed by atoms with E-state index in [1.54, 1.807) is 75.5 Å². The largest absolute Gasteiger partial charge is 0.348 e. The molecule has 0 aromatic heterocycles. The summed E-state index contributed by atoms with van der Waals surface area (Å²) in [6, 6.07) is 0. The van der Waals surface area contributed by atoms with E-state index in [9.17, 15) is 19.2 Å². The van der Waals surface area contributed by atoms with Crippen LogP contribution in [0.4, 0.5) is 8.78 Å². The first kappa shape index (κ1) is 37.5. The Balaban J connectivity index is 1.82. The number of piperidine rings is 1. The highest BCUT2D eigenvalue weighted by Gasteiger charge is 2.68. The lowest BCUT2D eigenvalue weighted by molar-refractivity contribution is -0.150. The van der Waals surface area contributed by atoms with Crippen LogP contribution in [-0.2, 0) is 32.2 Å². The Morgan fingerprint density at radius 1 is 0.766 bits per heavy atom. The molecule has 0 saturated carbocycles. The number of hydrogen-bond acceptors (Lipinski definition) is 4. The first-order valence-corrected chi connectivity index (χ1v) is 16.3. The van der Waals surface area contributed by atoms with E-state index in [4.69, 9.17) is 11.6 Å². The molecule has 1 unspecified atom stereocenters. The van der Waals surface area contributed by atoms with Gasteiger partial charge < -0.3 is 15.0 Å². The third kappa shape index (κ3) is 4.72. The van der Waals surface area contributed by atoms with Gasteiger partial charge in [-0.1, -0.05) is 55.1 Å². The molecule has 1 saturated heterocycles. The molecule has 2 heterocycles. The lowest BCUT2D eigenvalue weighted by atomic mass is 9.20. The maximum Gasteiger partial charge on any atom is 0.348 e. The first-order chi connectivity index (χ1) is 21.2. The summed E-state index contributed by atoms with van der Waals surface area (Å²) in [6.07, 6.45) is 0. The molecule has 2 aliphatic heterocycles. The molecule has 2 aromatic carbocycles. The molecule has 0 radical (unpaired) electrons. The zero-order valence-corrected chi connectivity index (χ0v) is 31.1. The predicted octanol–water partition coefficient (Wildman–Crippen LogP) is -17.6. The number of hydrogen-bond donors (Lipinski definition) is 1. The highest BCUT2D eigenvalue weighted by atomic mass is 35.5. The second kappa shape index (κ2) is 11.3. The number of halogens is 3. The Hall–Kier alpha value is -2.36. The van der Waals surface area contributed by atoms with Crippen molar-refractivity contribution < 1.29 is 28.0 Å². The smallest absolute Gasteiger partial charge is 0.347 e. The molecule has 7 nitrogen and oxygen atoms in total. The highest BCUT2D eigenvalue weighted by molar-refractivity contribution is 6.69. The van der Waals surface area contributed by atoms with E-state index < -0.39 is 38.9 Å². The van der Waals surface area contributed by atoms with Crippen molar-refractivity contribution in [3.8, 4) is 0 Å². The van der Waals surface area contributed by atoms with E-state index in [0.29, 0.717) is 49.0 Å². The van der Waals surface area contributed by atoms with Crippen molar-refractivity contribution in [2.24, 2.45) is 0 Å². The fourth-order valence-electron chi connectivity index (χ4n) is 8.25. The number of amides is 4. The van der Waals surface area contributed by atoms with Crippen LogP contribution < -0.4 is 43.6 Å². The van der Waals surface area contributed by atoms with Gasteiger partial charge in [-0.15, -0.1) is 0 Å². The minimum atomic E-state index is -3.83. The molecular weight excluding hydrogens is 606 g/mol. The van der Waals surface area contributed by atoms with Crippen molar-refractivity contribution in [2.75, 3.05) is 0 Å². The number of imide groups is 1. The molecule has 1 atom stereocenters. The molecule has 1 N–H and O–H groups in total.